The van der Waals surface area contributed by atoms with E-state index in [1.807, 2.05) is 51.1 Å². The molecule has 1 unspecified atom stereocenters. The summed E-state index contributed by atoms with van der Waals surface area (Å²) in [7, 11) is 0. The molecule has 0 aliphatic heterocycles. The molecular weight excluding hydrogens is 266 g/mol. The molecule has 1 aromatic carbocycles. The average Bonchev–Trinajstić information content (AvgIpc) is 2.97. The van der Waals surface area contributed by atoms with Crippen LogP contribution in [0.15, 0.2) is 40.9 Å². The highest BCUT2D eigenvalue weighted by molar-refractivity contribution is 5.93. The monoisotopic (exact) mass is 287 g/mol. The van der Waals surface area contributed by atoms with E-state index in [2.05, 4.69) is 10.5 Å². The third kappa shape index (κ3) is 3.31. The van der Waals surface area contributed by atoms with Crippen LogP contribution < -0.4 is 11.1 Å². The molecule has 0 spiro atoms. The lowest BCUT2D eigenvalue weighted by atomic mass is 9.88. The summed E-state index contributed by atoms with van der Waals surface area (Å²) < 4.78 is 5.24. The maximum atomic E-state index is 12.3. The standard InChI is InChI=1S/C16H21N3O2/c1-11(2)16(3,10-17)18-15(20)13-9-14(21-19-13)12-7-5-4-6-8-12/h4-9,11H,10,17H2,1-3H3,(H,18,20). The van der Waals surface area contributed by atoms with Crippen molar-refractivity contribution in [3.63, 3.8) is 0 Å². The lowest BCUT2D eigenvalue weighted by Gasteiger charge is -2.33. The Bertz CT molecular complexity index is 607. The molecule has 0 aliphatic carbocycles. The predicted molar refractivity (Wildman–Crippen MR) is 81.7 cm³/mol. The molecule has 5 nitrogen and oxygen atoms in total. The van der Waals surface area contributed by atoms with Crippen molar-refractivity contribution in [1.82, 2.24) is 10.5 Å². The van der Waals surface area contributed by atoms with Gasteiger partial charge in [-0.15, -0.1) is 0 Å². The summed E-state index contributed by atoms with van der Waals surface area (Å²) in [6.45, 7) is 6.32. The Morgan fingerprint density at radius 1 is 1.38 bits per heavy atom. The molecular formula is C16H21N3O2. The van der Waals surface area contributed by atoms with E-state index in [-0.39, 0.29) is 17.5 Å². The number of nitrogens with two attached hydrogens (primary N) is 1. The molecule has 21 heavy (non-hydrogen) atoms. The van der Waals surface area contributed by atoms with E-state index in [1.54, 1.807) is 6.07 Å². The van der Waals surface area contributed by atoms with E-state index < -0.39 is 5.54 Å². The Kier molecular flexibility index (Phi) is 4.43. The maximum Gasteiger partial charge on any atom is 0.273 e. The van der Waals surface area contributed by atoms with Crippen LogP contribution in [0.3, 0.4) is 0 Å². The van der Waals surface area contributed by atoms with Gasteiger partial charge in [0.05, 0.1) is 5.54 Å². The molecule has 112 valence electrons. The maximum absolute atomic E-state index is 12.3. The van der Waals surface area contributed by atoms with Crippen LogP contribution in [0.4, 0.5) is 0 Å². The SMILES string of the molecule is CC(C)C(C)(CN)NC(=O)c1cc(-c2ccccc2)on1. The minimum absolute atomic E-state index is 0.215. The molecule has 0 saturated heterocycles. The van der Waals surface area contributed by atoms with E-state index in [1.165, 1.54) is 0 Å². The third-order valence-corrected chi connectivity index (χ3v) is 3.90. The van der Waals surface area contributed by atoms with Crippen LogP contribution in [0.2, 0.25) is 0 Å². The summed E-state index contributed by atoms with van der Waals surface area (Å²) >= 11 is 0. The van der Waals surface area contributed by atoms with Crippen molar-refractivity contribution in [2.45, 2.75) is 26.3 Å². The van der Waals surface area contributed by atoms with Gasteiger partial charge in [0, 0.05) is 18.2 Å². The summed E-state index contributed by atoms with van der Waals surface area (Å²) in [6, 6.07) is 11.2. The summed E-state index contributed by atoms with van der Waals surface area (Å²) in [5.74, 6) is 0.509. The van der Waals surface area contributed by atoms with Crippen molar-refractivity contribution in [1.29, 1.82) is 0 Å². The first-order valence-corrected chi connectivity index (χ1v) is 7.01. The number of nitrogens with one attached hydrogen (secondary N) is 1. The fourth-order valence-electron chi connectivity index (χ4n) is 1.88. The van der Waals surface area contributed by atoms with Crippen molar-refractivity contribution >= 4 is 5.91 Å². The number of carbonyl (C=O) groups is 1. The summed E-state index contributed by atoms with van der Waals surface area (Å²) in [5.41, 5.74) is 6.45. The number of rotatable bonds is 5. The molecule has 5 heteroatoms. The molecule has 1 atom stereocenters. The zero-order chi connectivity index (χ0) is 15.5. The third-order valence-electron chi connectivity index (χ3n) is 3.90. The number of aromatic nitrogens is 1. The van der Waals surface area contributed by atoms with Gasteiger partial charge >= 0.3 is 0 Å². The summed E-state index contributed by atoms with van der Waals surface area (Å²) in [5, 5.41) is 6.78. The number of carbonyl (C=O) groups excluding carboxylic acids is 1. The minimum atomic E-state index is -0.469. The molecule has 0 fully saturated rings. The quantitative estimate of drug-likeness (QED) is 0.885. The fraction of sp³-hybridized carbons (Fsp3) is 0.375. The Morgan fingerprint density at radius 3 is 2.62 bits per heavy atom. The first-order chi connectivity index (χ1) is 9.96. The van der Waals surface area contributed by atoms with E-state index in [4.69, 9.17) is 10.3 Å². The zero-order valence-corrected chi connectivity index (χ0v) is 12.6. The summed E-state index contributed by atoms with van der Waals surface area (Å²) in [4.78, 5) is 12.3. The van der Waals surface area contributed by atoms with Gasteiger partial charge in [-0.05, 0) is 12.8 Å². The second-order valence-corrected chi connectivity index (χ2v) is 5.67. The topological polar surface area (TPSA) is 81.1 Å². The highest BCUT2D eigenvalue weighted by Crippen LogP contribution is 2.21. The van der Waals surface area contributed by atoms with Crippen LogP contribution >= 0.6 is 0 Å². The summed E-state index contributed by atoms with van der Waals surface area (Å²) in [6.07, 6.45) is 0. The van der Waals surface area contributed by atoms with Crippen molar-refractivity contribution < 1.29 is 9.32 Å². The number of benzene rings is 1. The zero-order valence-electron chi connectivity index (χ0n) is 12.6. The molecule has 2 rings (SSSR count). The van der Waals surface area contributed by atoms with Crippen LogP contribution in [-0.2, 0) is 0 Å². The van der Waals surface area contributed by atoms with Gasteiger partial charge in [-0.1, -0.05) is 49.3 Å². The van der Waals surface area contributed by atoms with Crippen LogP contribution in [0, 0.1) is 5.92 Å². The Hall–Kier alpha value is -2.14. The van der Waals surface area contributed by atoms with Gasteiger partial charge in [0.15, 0.2) is 11.5 Å². The average molecular weight is 287 g/mol. The molecule has 0 radical (unpaired) electrons. The highest BCUT2D eigenvalue weighted by Gasteiger charge is 2.30. The van der Waals surface area contributed by atoms with E-state index in [0.29, 0.717) is 12.3 Å². The molecule has 1 amide bonds. The van der Waals surface area contributed by atoms with Gasteiger partial charge in [-0.25, -0.2) is 0 Å². The number of nitrogens with zero attached hydrogens (tertiary/aromatic N) is 1. The first kappa shape index (κ1) is 15.3. The second-order valence-electron chi connectivity index (χ2n) is 5.67. The van der Waals surface area contributed by atoms with E-state index in [9.17, 15) is 4.79 Å². The second kappa shape index (κ2) is 6.10. The number of hydrogen-bond donors (Lipinski definition) is 2. The van der Waals surface area contributed by atoms with Gasteiger partial charge in [0.25, 0.3) is 5.91 Å². The Balaban J connectivity index is 2.16. The predicted octanol–water partition coefficient (Wildman–Crippen LogP) is 2.44. The Morgan fingerprint density at radius 2 is 2.05 bits per heavy atom. The smallest absolute Gasteiger partial charge is 0.273 e. The Labute approximate surface area is 124 Å². The molecule has 3 N–H and O–H groups in total. The number of amides is 1. The van der Waals surface area contributed by atoms with Crippen molar-refractivity contribution in [3.8, 4) is 11.3 Å². The normalized spacial score (nSPS) is 14.0. The van der Waals surface area contributed by atoms with E-state index in [0.717, 1.165) is 5.56 Å². The van der Waals surface area contributed by atoms with E-state index >= 15 is 0 Å². The van der Waals surface area contributed by atoms with Gasteiger partial charge < -0.3 is 15.6 Å². The molecule has 0 bridgehead atoms. The molecule has 1 aromatic heterocycles. The van der Waals surface area contributed by atoms with Crippen molar-refractivity contribution in [2.24, 2.45) is 11.7 Å². The van der Waals surface area contributed by atoms with Crippen molar-refractivity contribution in [2.75, 3.05) is 6.54 Å². The van der Waals surface area contributed by atoms with Gasteiger partial charge in [0.2, 0.25) is 0 Å². The lowest BCUT2D eigenvalue weighted by molar-refractivity contribution is 0.0874. The number of hydrogen-bond acceptors (Lipinski definition) is 4. The molecule has 1 heterocycles. The highest BCUT2D eigenvalue weighted by atomic mass is 16.5. The molecule has 2 aromatic rings. The first-order valence-electron chi connectivity index (χ1n) is 7.01. The molecule has 0 aliphatic rings. The largest absolute Gasteiger partial charge is 0.355 e. The van der Waals surface area contributed by atoms with Crippen LogP contribution in [0.1, 0.15) is 31.3 Å². The van der Waals surface area contributed by atoms with Crippen LogP contribution in [0.25, 0.3) is 11.3 Å². The van der Waals surface area contributed by atoms with Crippen LogP contribution in [0.5, 0.6) is 0 Å². The molecule has 0 saturated carbocycles. The van der Waals surface area contributed by atoms with Gasteiger partial charge in [0.1, 0.15) is 0 Å². The minimum Gasteiger partial charge on any atom is -0.355 e. The fourth-order valence-corrected chi connectivity index (χ4v) is 1.88. The lowest BCUT2D eigenvalue weighted by Crippen LogP contribution is -2.55. The van der Waals surface area contributed by atoms with Gasteiger partial charge in [-0.2, -0.15) is 0 Å². The van der Waals surface area contributed by atoms with Crippen LogP contribution in [-0.4, -0.2) is 23.1 Å². The van der Waals surface area contributed by atoms with Crippen molar-refractivity contribution in [3.05, 3.63) is 42.1 Å². The van der Waals surface area contributed by atoms with Gasteiger partial charge in [-0.3, -0.25) is 4.79 Å².